The molecule has 3 rings (SSSR count). The number of aromatic nitrogens is 4. The Morgan fingerprint density at radius 3 is 2.74 bits per heavy atom. The van der Waals surface area contributed by atoms with Crippen LogP contribution in [0.15, 0.2) is 36.4 Å². The molecule has 1 heterocycles. The van der Waals surface area contributed by atoms with Gasteiger partial charge in [-0.1, -0.05) is 24.3 Å². The number of halogens is 1. The van der Waals surface area contributed by atoms with E-state index in [1.54, 1.807) is 7.11 Å². The van der Waals surface area contributed by atoms with Gasteiger partial charge in [-0.05, 0) is 58.0 Å². The smallest absolute Gasteiger partial charge is 0.204 e. The molecule has 0 aliphatic heterocycles. The van der Waals surface area contributed by atoms with Crippen LogP contribution in [0.5, 0.6) is 11.5 Å². The van der Waals surface area contributed by atoms with Gasteiger partial charge >= 0.3 is 0 Å². The van der Waals surface area contributed by atoms with Crippen LogP contribution in [0.3, 0.4) is 0 Å². The molecule has 118 valence electrons. The van der Waals surface area contributed by atoms with Crippen LogP contribution in [-0.4, -0.2) is 27.7 Å². The Bertz CT molecular complexity index is 806. The average molecular weight is 422 g/mol. The highest BCUT2D eigenvalue weighted by molar-refractivity contribution is 14.1. The van der Waals surface area contributed by atoms with E-state index in [-0.39, 0.29) is 0 Å². The Hall–Kier alpha value is -2.16. The van der Waals surface area contributed by atoms with Gasteiger partial charge in [-0.2, -0.15) is 5.21 Å². The number of H-pyrrole nitrogens is 1. The fourth-order valence-corrected chi connectivity index (χ4v) is 2.95. The summed E-state index contributed by atoms with van der Waals surface area (Å²) in [5.74, 6) is 1.88. The van der Waals surface area contributed by atoms with Crippen molar-refractivity contribution in [3.63, 3.8) is 0 Å². The number of aromatic amines is 1. The third-order valence-corrected chi connectivity index (χ3v) is 4.27. The summed E-state index contributed by atoms with van der Waals surface area (Å²) in [4.78, 5) is 0. The maximum absolute atomic E-state index is 6.00. The number of aryl methyl sites for hydroxylation is 1. The summed E-state index contributed by atoms with van der Waals surface area (Å²) < 4.78 is 12.4. The van der Waals surface area contributed by atoms with E-state index in [1.807, 2.05) is 24.3 Å². The number of hydrogen-bond donors (Lipinski definition) is 1. The molecule has 0 aliphatic rings. The van der Waals surface area contributed by atoms with E-state index in [9.17, 15) is 0 Å². The third kappa shape index (κ3) is 3.44. The van der Waals surface area contributed by atoms with Crippen molar-refractivity contribution in [3.8, 4) is 22.9 Å². The molecule has 0 radical (unpaired) electrons. The van der Waals surface area contributed by atoms with E-state index in [0.717, 1.165) is 14.7 Å². The predicted molar refractivity (Wildman–Crippen MR) is 94.4 cm³/mol. The number of rotatable bonds is 5. The number of nitrogens with one attached hydrogen (secondary N) is 1. The number of tetrazole rings is 1. The van der Waals surface area contributed by atoms with Crippen LogP contribution in [0.4, 0.5) is 0 Å². The van der Waals surface area contributed by atoms with E-state index < -0.39 is 0 Å². The Morgan fingerprint density at radius 1 is 1.22 bits per heavy atom. The van der Waals surface area contributed by atoms with Gasteiger partial charge in [0.15, 0.2) is 11.5 Å². The van der Waals surface area contributed by atoms with Gasteiger partial charge in [-0.25, -0.2) is 0 Å². The molecule has 23 heavy (non-hydrogen) atoms. The number of benzene rings is 2. The molecular formula is C16H15IN4O2. The van der Waals surface area contributed by atoms with Gasteiger partial charge in [0.25, 0.3) is 0 Å². The molecule has 0 spiro atoms. The zero-order valence-corrected chi connectivity index (χ0v) is 14.9. The second kappa shape index (κ2) is 6.95. The zero-order valence-electron chi connectivity index (χ0n) is 12.7. The highest BCUT2D eigenvalue weighted by Crippen LogP contribution is 2.36. The maximum Gasteiger partial charge on any atom is 0.204 e. The van der Waals surface area contributed by atoms with Gasteiger partial charge in [0, 0.05) is 5.56 Å². The lowest BCUT2D eigenvalue weighted by molar-refractivity contribution is 0.282. The number of methoxy groups -OCH3 is 1. The fraction of sp³-hybridized carbons (Fsp3) is 0.188. The van der Waals surface area contributed by atoms with Gasteiger partial charge in [0.2, 0.25) is 5.82 Å². The summed E-state index contributed by atoms with van der Waals surface area (Å²) in [5, 5.41) is 14.0. The molecule has 2 aromatic carbocycles. The number of ether oxygens (including phenoxy) is 2. The molecular weight excluding hydrogens is 407 g/mol. The quantitative estimate of drug-likeness (QED) is 0.639. The lowest BCUT2D eigenvalue weighted by Gasteiger charge is -2.14. The predicted octanol–water partition coefficient (Wildman–Crippen LogP) is 3.37. The van der Waals surface area contributed by atoms with Crippen LogP contribution in [0.2, 0.25) is 0 Å². The molecule has 0 amide bonds. The first-order valence-electron chi connectivity index (χ1n) is 6.97. The molecule has 0 saturated carbocycles. The lowest BCUT2D eigenvalue weighted by atomic mass is 10.1. The van der Waals surface area contributed by atoms with Crippen LogP contribution in [-0.2, 0) is 6.61 Å². The first kappa shape index (κ1) is 15.7. The van der Waals surface area contributed by atoms with Crippen molar-refractivity contribution in [1.29, 1.82) is 0 Å². The molecule has 0 atom stereocenters. The summed E-state index contributed by atoms with van der Waals surface area (Å²) in [7, 11) is 1.62. The minimum Gasteiger partial charge on any atom is -0.493 e. The first-order chi connectivity index (χ1) is 11.2. The minimum absolute atomic E-state index is 0.487. The molecule has 1 N–H and O–H groups in total. The maximum atomic E-state index is 6.00. The lowest BCUT2D eigenvalue weighted by Crippen LogP contribution is -2.01. The molecule has 6 nitrogen and oxygen atoms in total. The van der Waals surface area contributed by atoms with Crippen molar-refractivity contribution in [3.05, 3.63) is 51.1 Å². The SMILES string of the molecule is COc1cc(-c2nn[nH]n2)cc(I)c1OCc1ccccc1C. The first-order valence-corrected chi connectivity index (χ1v) is 8.05. The molecule has 0 unspecified atom stereocenters. The number of hydrogen-bond acceptors (Lipinski definition) is 5. The Balaban J connectivity index is 1.89. The summed E-state index contributed by atoms with van der Waals surface area (Å²) in [5.41, 5.74) is 3.17. The van der Waals surface area contributed by atoms with Gasteiger partial charge in [0.05, 0.1) is 10.7 Å². The Labute approximate surface area is 147 Å². The van der Waals surface area contributed by atoms with Gasteiger partial charge in [0.1, 0.15) is 6.61 Å². The molecule has 0 saturated heterocycles. The van der Waals surface area contributed by atoms with E-state index in [2.05, 4.69) is 62.3 Å². The highest BCUT2D eigenvalue weighted by Gasteiger charge is 2.15. The molecule has 0 aliphatic carbocycles. The normalized spacial score (nSPS) is 10.6. The second-order valence-corrected chi connectivity index (χ2v) is 6.10. The van der Waals surface area contributed by atoms with E-state index in [4.69, 9.17) is 9.47 Å². The topological polar surface area (TPSA) is 72.9 Å². The molecule has 0 bridgehead atoms. The van der Waals surface area contributed by atoms with Crippen molar-refractivity contribution in [2.45, 2.75) is 13.5 Å². The summed E-state index contributed by atoms with van der Waals surface area (Å²) in [6, 6.07) is 11.9. The molecule has 0 fully saturated rings. The number of nitrogens with zero attached hydrogens (tertiary/aromatic N) is 3. The Morgan fingerprint density at radius 2 is 2.04 bits per heavy atom. The van der Waals surface area contributed by atoms with Gasteiger partial charge in [-0.15, -0.1) is 10.2 Å². The summed E-state index contributed by atoms with van der Waals surface area (Å²) in [6.07, 6.45) is 0. The van der Waals surface area contributed by atoms with E-state index in [0.29, 0.717) is 23.9 Å². The highest BCUT2D eigenvalue weighted by atomic mass is 127. The Kier molecular flexibility index (Phi) is 4.75. The monoisotopic (exact) mass is 422 g/mol. The zero-order chi connectivity index (χ0) is 16.2. The van der Waals surface area contributed by atoms with Crippen molar-refractivity contribution < 1.29 is 9.47 Å². The van der Waals surface area contributed by atoms with Gasteiger partial charge < -0.3 is 9.47 Å². The summed E-state index contributed by atoms with van der Waals surface area (Å²) in [6.45, 7) is 2.56. The molecule has 7 heteroatoms. The van der Waals surface area contributed by atoms with E-state index >= 15 is 0 Å². The molecule has 1 aromatic heterocycles. The largest absolute Gasteiger partial charge is 0.493 e. The fourth-order valence-electron chi connectivity index (χ4n) is 2.20. The van der Waals surface area contributed by atoms with E-state index in [1.165, 1.54) is 5.56 Å². The van der Waals surface area contributed by atoms with Crippen LogP contribution < -0.4 is 9.47 Å². The van der Waals surface area contributed by atoms with Crippen molar-refractivity contribution in [2.75, 3.05) is 7.11 Å². The second-order valence-electron chi connectivity index (χ2n) is 4.94. The van der Waals surface area contributed by atoms with Crippen LogP contribution in [0.25, 0.3) is 11.4 Å². The summed E-state index contributed by atoms with van der Waals surface area (Å²) >= 11 is 2.22. The van der Waals surface area contributed by atoms with Crippen LogP contribution in [0, 0.1) is 10.5 Å². The molecule has 3 aromatic rings. The van der Waals surface area contributed by atoms with Crippen molar-refractivity contribution in [1.82, 2.24) is 20.6 Å². The third-order valence-electron chi connectivity index (χ3n) is 3.47. The van der Waals surface area contributed by atoms with Gasteiger partial charge in [-0.3, -0.25) is 0 Å². The minimum atomic E-state index is 0.487. The van der Waals surface area contributed by atoms with Crippen molar-refractivity contribution >= 4 is 22.6 Å². The average Bonchev–Trinajstić information content (AvgIpc) is 3.09. The van der Waals surface area contributed by atoms with Crippen molar-refractivity contribution in [2.24, 2.45) is 0 Å². The standard InChI is InChI=1S/C16H15IN4O2/c1-10-5-3-4-6-11(10)9-23-15-13(17)7-12(8-14(15)22-2)16-18-20-21-19-16/h3-8H,9H2,1-2H3,(H,18,19,20,21). The van der Waals surface area contributed by atoms with Crippen LogP contribution in [0.1, 0.15) is 11.1 Å². The van der Waals surface area contributed by atoms with Crippen LogP contribution >= 0.6 is 22.6 Å².